The molecule has 5 heteroatoms. The zero-order valence-corrected chi connectivity index (χ0v) is 10.6. The number of nitrogens with zero attached hydrogens (tertiary/aromatic N) is 2. The van der Waals surface area contributed by atoms with Gasteiger partial charge in [0, 0.05) is 18.0 Å². The molecule has 1 aliphatic rings. The van der Waals surface area contributed by atoms with Crippen LogP contribution in [0, 0.1) is 17.2 Å². The van der Waals surface area contributed by atoms with Crippen molar-refractivity contribution in [1.29, 1.82) is 5.26 Å². The smallest absolute Gasteiger partial charge is 0.177 e. The first-order valence-electron chi connectivity index (χ1n) is 6.55. The van der Waals surface area contributed by atoms with Crippen molar-refractivity contribution in [1.82, 2.24) is 4.98 Å². The Morgan fingerprint density at radius 3 is 2.89 bits per heavy atom. The zero-order chi connectivity index (χ0) is 13.2. The first-order valence-corrected chi connectivity index (χ1v) is 6.55. The third kappa shape index (κ3) is 2.22. The van der Waals surface area contributed by atoms with Gasteiger partial charge in [-0.3, -0.25) is 4.98 Å². The van der Waals surface area contributed by atoms with Crippen LogP contribution in [-0.4, -0.2) is 11.0 Å². The van der Waals surface area contributed by atoms with E-state index in [4.69, 9.17) is 15.4 Å². The Bertz CT molecular complexity index is 620. The Morgan fingerprint density at radius 2 is 2.16 bits per heavy atom. The summed E-state index contributed by atoms with van der Waals surface area (Å²) in [6.07, 6.45) is 7.14. The molecule has 98 valence electrons. The molecule has 0 aliphatic heterocycles. The van der Waals surface area contributed by atoms with E-state index in [1.807, 2.05) is 6.07 Å². The summed E-state index contributed by atoms with van der Waals surface area (Å²) in [5.74, 6) is 0.205. The van der Waals surface area contributed by atoms with Crippen LogP contribution >= 0.6 is 0 Å². The lowest BCUT2D eigenvalue weighted by molar-refractivity contribution is 0.397. The fraction of sp³-hybridized carbons (Fsp3) is 0.429. The summed E-state index contributed by atoms with van der Waals surface area (Å²) >= 11 is 0. The van der Waals surface area contributed by atoms with Gasteiger partial charge in [-0.2, -0.15) is 5.26 Å². The largest absolute Gasteiger partial charge is 0.460 e. The van der Waals surface area contributed by atoms with Gasteiger partial charge in [0.25, 0.3) is 0 Å². The first kappa shape index (κ1) is 11.8. The molecule has 2 aromatic rings. The molecule has 3 rings (SSSR count). The minimum absolute atomic E-state index is 0.205. The maximum absolute atomic E-state index is 8.91. The third-order valence-corrected chi connectivity index (χ3v) is 3.76. The second-order valence-electron chi connectivity index (χ2n) is 5.05. The van der Waals surface area contributed by atoms with Gasteiger partial charge in [0.05, 0.1) is 24.2 Å². The van der Waals surface area contributed by atoms with Crippen molar-refractivity contribution in [2.75, 3.05) is 11.1 Å². The highest BCUT2D eigenvalue weighted by atomic mass is 16.3. The van der Waals surface area contributed by atoms with E-state index in [1.54, 1.807) is 12.5 Å². The molecule has 3 N–H and O–H groups in total. The van der Waals surface area contributed by atoms with Crippen LogP contribution in [-0.2, 0) is 0 Å². The molecule has 2 aromatic heterocycles. The maximum Gasteiger partial charge on any atom is 0.177 e. The molecule has 0 saturated heterocycles. The molecule has 0 bridgehead atoms. The lowest BCUT2D eigenvalue weighted by Gasteiger charge is -2.26. The van der Waals surface area contributed by atoms with Crippen LogP contribution in [0.5, 0.6) is 0 Å². The molecular weight excluding hydrogens is 240 g/mol. The number of nitrogens with two attached hydrogens (primary N) is 1. The number of furan rings is 1. The summed E-state index contributed by atoms with van der Waals surface area (Å²) in [5, 5.41) is 12.4. The van der Waals surface area contributed by atoms with E-state index in [-0.39, 0.29) is 5.92 Å². The number of aromatic nitrogens is 1. The average molecular weight is 256 g/mol. The summed E-state index contributed by atoms with van der Waals surface area (Å²) in [6.45, 7) is 0. The highest BCUT2D eigenvalue weighted by Gasteiger charge is 2.22. The van der Waals surface area contributed by atoms with Gasteiger partial charge < -0.3 is 15.5 Å². The van der Waals surface area contributed by atoms with E-state index >= 15 is 0 Å². The number of pyridine rings is 1. The zero-order valence-electron chi connectivity index (χ0n) is 10.6. The van der Waals surface area contributed by atoms with Crippen molar-refractivity contribution in [2.24, 2.45) is 5.92 Å². The van der Waals surface area contributed by atoms with Crippen molar-refractivity contribution in [3.05, 3.63) is 18.5 Å². The van der Waals surface area contributed by atoms with Crippen LogP contribution in [0.4, 0.5) is 11.4 Å². The van der Waals surface area contributed by atoms with Crippen molar-refractivity contribution in [3.63, 3.8) is 0 Å². The standard InChI is InChI=1S/C14H16N4O/c15-7-9-1-3-10(4-2-9)18-13-11(16)8-17-12-5-6-19-14(12)13/h5-6,8-10H,1-4,16H2,(H,17,18)/t9-,10-. The topological polar surface area (TPSA) is 87.9 Å². The van der Waals surface area contributed by atoms with Crippen LogP contribution < -0.4 is 11.1 Å². The van der Waals surface area contributed by atoms with Crippen LogP contribution in [0.2, 0.25) is 0 Å². The number of anilines is 2. The van der Waals surface area contributed by atoms with Gasteiger partial charge in [0.15, 0.2) is 5.58 Å². The Kier molecular flexibility index (Phi) is 3.00. The summed E-state index contributed by atoms with van der Waals surface area (Å²) in [5.41, 5.74) is 8.93. The second-order valence-corrected chi connectivity index (χ2v) is 5.05. The van der Waals surface area contributed by atoms with E-state index in [2.05, 4.69) is 16.4 Å². The quantitative estimate of drug-likeness (QED) is 0.862. The SMILES string of the molecule is N#C[C@H]1CC[C@H](Nc2c(N)cnc3ccoc23)CC1. The lowest BCUT2D eigenvalue weighted by Crippen LogP contribution is -2.26. The molecule has 5 nitrogen and oxygen atoms in total. The Labute approximate surface area is 111 Å². The highest BCUT2D eigenvalue weighted by Crippen LogP contribution is 2.32. The van der Waals surface area contributed by atoms with E-state index in [1.165, 1.54) is 0 Å². The van der Waals surface area contributed by atoms with Gasteiger partial charge in [-0.05, 0) is 25.7 Å². The number of fused-ring (bicyclic) bond motifs is 1. The predicted molar refractivity (Wildman–Crippen MR) is 73.4 cm³/mol. The number of rotatable bonds is 2. The van der Waals surface area contributed by atoms with Gasteiger partial charge in [0.1, 0.15) is 11.2 Å². The molecule has 0 radical (unpaired) electrons. The number of nitrogens with one attached hydrogen (secondary N) is 1. The monoisotopic (exact) mass is 256 g/mol. The molecule has 2 heterocycles. The summed E-state index contributed by atoms with van der Waals surface area (Å²) in [4.78, 5) is 4.22. The van der Waals surface area contributed by atoms with Gasteiger partial charge in [-0.15, -0.1) is 0 Å². The van der Waals surface area contributed by atoms with Crippen molar-refractivity contribution >= 4 is 22.5 Å². The molecule has 1 aliphatic carbocycles. The maximum atomic E-state index is 8.91. The molecule has 0 atom stereocenters. The number of hydrogen-bond acceptors (Lipinski definition) is 5. The minimum atomic E-state index is 0.205. The van der Waals surface area contributed by atoms with Crippen LogP contribution in [0.1, 0.15) is 25.7 Å². The fourth-order valence-electron chi connectivity index (χ4n) is 2.65. The summed E-state index contributed by atoms with van der Waals surface area (Å²) in [6, 6.07) is 4.52. The second kappa shape index (κ2) is 4.81. The molecule has 0 spiro atoms. The van der Waals surface area contributed by atoms with Gasteiger partial charge >= 0.3 is 0 Å². The average Bonchev–Trinajstić information content (AvgIpc) is 2.91. The molecule has 0 aromatic carbocycles. The number of nitrogen functional groups attached to an aromatic ring is 1. The fourth-order valence-corrected chi connectivity index (χ4v) is 2.65. The van der Waals surface area contributed by atoms with E-state index < -0.39 is 0 Å². The normalized spacial score (nSPS) is 23.1. The summed E-state index contributed by atoms with van der Waals surface area (Å²) < 4.78 is 5.46. The van der Waals surface area contributed by atoms with Gasteiger partial charge in [-0.25, -0.2) is 0 Å². The first-order chi connectivity index (χ1) is 9.28. The Morgan fingerprint density at radius 1 is 1.37 bits per heavy atom. The molecule has 1 saturated carbocycles. The van der Waals surface area contributed by atoms with Crippen LogP contribution in [0.15, 0.2) is 22.9 Å². The number of hydrogen-bond donors (Lipinski definition) is 2. The third-order valence-electron chi connectivity index (χ3n) is 3.76. The van der Waals surface area contributed by atoms with Crippen molar-refractivity contribution in [3.8, 4) is 6.07 Å². The molecule has 0 amide bonds. The van der Waals surface area contributed by atoms with Crippen molar-refractivity contribution < 1.29 is 4.42 Å². The molecule has 19 heavy (non-hydrogen) atoms. The van der Waals surface area contributed by atoms with Crippen LogP contribution in [0.3, 0.4) is 0 Å². The van der Waals surface area contributed by atoms with Crippen LogP contribution in [0.25, 0.3) is 11.1 Å². The minimum Gasteiger partial charge on any atom is -0.460 e. The highest BCUT2D eigenvalue weighted by molar-refractivity contribution is 5.92. The summed E-state index contributed by atoms with van der Waals surface area (Å²) in [7, 11) is 0. The van der Waals surface area contributed by atoms with Gasteiger partial charge in [-0.1, -0.05) is 0 Å². The lowest BCUT2D eigenvalue weighted by atomic mass is 9.87. The Hall–Kier alpha value is -2.22. The van der Waals surface area contributed by atoms with Crippen molar-refractivity contribution in [2.45, 2.75) is 31.7 Å². The van der Waals surface area contributed by atoms with E-state index in [0.29, 0.717) is 17.3 Å². The van der Waals surface area contributed by atoms with E-state index in [9.17, 15) is 0 Å². The predicted octanol–water partition coefficient (Wildman–Crippen LogP) is 2.90. The van der Waals surface area contributed by atoms with Gasteiger partial charge in [0.2, 0.25) is 0 Å². The molecule has 1 fully saturated rings. The number of nitriles is 1. The molecule has 0 unspecified atom stereocenters. The Balaban J connectivity index is 1.80. The van der Waals surface area contributed by atoms with E-state index in [0.717, 1.165) is 36.9 Å². The molecular formula is C14H16N4O.